The molecule has 166 valence electrons. The number of aryl methyl sites for hydroxylation is 1. The van der Waals surface area contributed by atoms with Gasteiger partial charge in [-0.1, -0.05) is 17.7 Å². The van der Waals surface area contributed by atoms with Crippen molar-refractivity contribution in [2.24, 2.45) is 0 Å². The van der Waals surface area contributed by atoms with Crippen molar-refractivity contribution in [3.8, 4) is 11.4 Å². The van der Waals surface area contributed by atoms with E-state index in [9.17, 15) is 4.79 Å². The van der Waals surface area contributed by atoms with Crippen molar-refractivity contribution >= 4 is 23.6 Å². The van der Waals surface area contributed by atoms with Gasteiger partial charge in [0.05, 0.1) is 48.1 Å². The number of morpholine rings is 1. The van der Waals surface area contributed by atoms with Crippen LogP contribution in [0.1, 0.15) is 36.8 Å². The maximum atomic E-state index is 13.2. The van der Waals surface area contributed by atoms with Crippen molar-refractivity contribution in [3.63, 3.8) is 0 Å². The highest BCUT2D eigenvalue weighted by molar-refractivity contribution is 6.30. The lowest BCUT2D eigenvalue weighted by Gasteiger charge is -2.36. The molecule has 0 radical (unpaired) electrons. The van der Waals surface area contributed by atoms with Gasteiger partial charge in [0.25, 0.3) is 5.91 Å². The molecule has 1 saturated heterocycles. The van der Waals surface area contributed by atoms with E-state index in [0.717, 1.165) is 22.6 Å². The molecule has 0 aliphatic carbocycles. The molecule has 3 heterocycles. The molecule has 0 N–H and O–H groups in total. The van der Waals surface area contributed by atoms with Crippen LogP contribution >= 0.6 is 11.6 Å². The van der Waals surface area contributed by atoms with Gasteiger partial charge in [-0.05, 0) is 56.7 Å². The Morgan fingerprint density at radius 3 is 2.75 bits per heavy atom. The number of amides is 1. The summed E-state index contributed by atoms with van der Waals surface area (Å²) in [7, 11) is 1.62. The highest BCUT2D eigenvalue weighted by Gasteiger charge is 2.33. The average molecular weight is 453 g/mol. The number of carbonyl (C=O) groups excluding carboxylic acids is 1. The van der Waals surface area contributed by atoms with Crippen LogP contribution in [0, 0.1) is 6.92 Å². The first-order valence-electron chi connectivity index (χ1n) is 10.4. The van der Waals surface area contributed by atoms with Crippen molar-refractivity contribution in [1.82, 2.24) is 19.4 Å². The molecule has 8 heteroatoms. The normalized spacial score (nSPS) is 18.5. The van der Waals surface area contributed by atoms with E-state index in [0.29, 0.717) is 17.3 Å². The molecule has 1 fully saturated rings. The van der Waals surface area contributed by atoms with E-state index in [1.807, 2.05) is 55.8 Å². The number of nitrogens with zero attached hydrogens (tertiary/aromatic N) is 4. The SMILES string of the molecule is COc1cc(C=C2OC(C)CN([C@H](C)c3ccc(Cl)cn3)C2=O)ccc1-n1cnc(C)c1. The van der Waals surface area contributed by atoms with Crippen LogP contribution < -0.4 is 4.74 Å². The van der Waals surface area contributed by atoms with Gasteiger partial charge in [0, 0.05) is 12.4 Å². The summed E-state index contributed by atoms with van der Waals surface area (Å²) < 4.78 is 13.4. The molecule has 1 aromatic carbocycles. The standard InChI is InChI=1S/C24H25ClN4O3/c1-15-12-28(14-27-15)21-8-5-18(9-22(21)31-4)10-23-24(30)29(13-16(2)32-23)17(3)20-7-6-19(25)11-26-20/h5-12,14,16-17H,13H2,1-4H3/t16?,17-/m1/s1. The molecule has 2 aromatic heterocycles. The fraction of sp³-hybridized carbons (Fsp3) is 0.292. The van der Waals surface area contributed by atoms with Crippen LogP contribution in [0.15, 0.2) is 54.8 Å². The predicted octanol–water partition coefficient (Wildman–Crippen LogP) is 4.59. The molecule has 3 aromatic rings. The molecule has 0 saturated carbocycles. The van der Waals surface area contributed by atoms with Gasteiger partial charge in [-0.3, -0.25) is 9.78 Å². The Morgan fingerprint density at radius 2 is 2.09 bits per heavy atom. The summed E-state index contributed by atoms with van der Waals surface area (Å²) in [5.74, 6) is 0.780. The maximum absolute atomic E-state index is 13.2. The van der Waals surface area contributed by atoms with Crippen molar-refractivity contribution in [2.45, 2.75) is 32.9 Å². The van der Waals surface area contributed by atoms with Gasteiger partial charge in [-0.25, -0.2) is 4.98 Å². The Balaban J connectivity index is 1.62. The third kappa shape index (κ3) is 4.48. The molecule has 1 aliphatic heterocycles. The van der Waals surface area contributed by atoms with Gasteiger partial charge in [0.15, 0.2) is 5.76 Å². The first kappa shape index (κ1) is 21.9. The van der Waals surface area contributed by atoms with E-state index in [-0.39, 0.29) is 23.8 Å². The Kier molecular flexibility index (Phi) is 6.19. The van der Waals surface area contributed by atoms with E-state index in [4.69, 9.17) is 21.1 Å². The van der Waals surface area contributed by atoms with Crippen LogP contribution in [-0.4, -0.2) is 45.1 Å². The second-order valence-corrected chi connectivity index (χ2v) is 8.26. The molecular formula is C24H25ClN4O3. The molecule has 0 bridgehead atoms. The zero-order valence-electron chi connectivity index (χ0n) is 18.4. The Labute approximate surface area is 192 Å². The van der Waals surface area contributed by atoms with E-state index in [1.54, 1.807) is 36.7 Å². The minimum absolute atomic E-state index is 0.149. The minimum atomic E-state index is -0.212. The second kappa shape index (κ2) is 9.04. The summed E-state index contributed by atoms with van der Waals surface area (Å²) in [5.41, 5.74) is 3.36. The number of rotatable bonds is 5. The summed E-state index contributed by atoms with van der Waals surface area (Å²) >= 11 is 5.96. The third-order valence-electron chi connectivity index (χ3n) is 5.39. The summed E-state index contributed by atoms with van der Waals surface area (Å²) in [5, 5.41) is 0.562. The van der Waals surface area contributed by atoms with Gasteiger partial charge in [0.1, 0.15) is 11.9 Å². The molecule has 1 amide bonds. The number of aromatic nitrogens is 3. The lowest BCUT2D eigenvalue weighted by molar-refractivity contribution is -0.141. The highest BCUT2D eigenvalue weighted by atomic mass is 35.5. The Hall–Kier alpha value is -3.32. The predicted molar refractivity (Wildman–Crippen MR) is 123 cm³/mol. The number of pyridine rings is 1. The zero-order chi connectivity index (χ0) is 22.8. The summed E-state index contributed by atoms with van der Waals surface area (Å²) in [6.45, 7) is 6.31. The van der Waals surface area contributed by atoms with E-state index in [2.05, 4.69) is 9.97 Å². The fourth-order valence-corrected chi connectivity index (χ4v) is 3.84. The van der Waals surface area contributed by atoms with Gasteiger partial charge < -0.3 is 18.9 Å². The topological polar surface area (TPSA) is 69.5 Å². The molecule has 1 aliphatic rings. The average Bonchev–Trinajstić information content (AvgIpc) is 3.22. The molecule has 4 rings (SSSR count). The quantitative estimate of drug-likeness (QED) is 0.530. The number of imidazole rings is 1. The number of hydrogen-bond donors (Lipinski definition) is 0. The Bertz CT molecular complexity index is 1160. The maximum Gasteiger partial charge on any atom is 0.289 e. The summed E-state index contributed by atoms with van der Waals surface area (Å²) in [4.78, 5) is 23.7. The number of benzene rings is 1. The molecule has 7 nitrogen and oxygen atoms in total. The van der Waals surface area contributed by atoms with E-state index >= 15 is 0 Å². The van der Waals surface area contributed by atoms with Crippen LogP contribution in [0.25, 0.3) is 11.8 Å². The van der Waals surface area contributed by atoms with Gasteiger partial charge in [0.2, 0.25) is 0 Å². The summed E-state index contributed by atoms with van der Waals surface area (Å²) in [6, 6.07) is 9.14. The highest BCUT2D eigenvalue weighted by Crippen LogP contribution is 2.29. The van der Waals surface area contributed by atoms with Gasteiger partial charge in [-0.15, -0.1) is 0 Å². The smallest absolute Gasteiger partial charge is 0.289 e. The van der Waals surface area contributed by atoms with Crippen molar-refractivity contribution < 1.29 is 14.3 Å². The molecule has 32 heavy (non-hydrogen) atoms. The number of halogens is 1. The second-order valence-electron chi connectivity index (χ2n) is 7.83. The van der Waals surface area contributed by atoms with Crippen LogP contribution in [0.2, 0.25) is 5.02 Å². The van der Waals surface area contributed by atoms with Gasteiger partial charge >= 0.3 is 0 Å². The molecule has 0 spiro atoms. The first-order valence-corrected chi connectivity index (χ1v) is 10.7. The van der Waals surface area contributed by atoms with Gasteiger partial charge in [-0.2, -0.15) is 0 Å². The monoisotopic (exact) mass is 452 g/mol. The number of ether oxygens (including phenoxy) is 2. The lowest BCUT2D eigenvalue weighted by Crippen LogP contribution is -2.45. The fourth-order valence-electron chi connectivity index (χ4n) is 3.73. The summed E-state index contributed by atoms with van der Waals surface area (Å²) in [6.07, 6.45) is 6.86. The van der Waals surface area contributed by atoms with Crippen molar-refractivity contribution in [2.75, 3.05) is 13.7 Å². The largest absolute Gasteiger partial charge is 0.495 e. The van der Waals surface area contributed by atoms with Crippen LogP contribution in [0.5, 0.6) is 5.75 Å². The molecule has 1 unspecified atom stereocenters. The third-order valence-corrected chi connectivity index (χ3v) is 5.61. The number of methoxy groups -OCH3 is 1. The van der Waals surface area contributed by atoms with Crippen molar-refractivity contribution in [1.29, 1.82) is 0 Å². The van der Waals surface area contributed by atoms with E-state index < -0.39 is 0 Å². The number of carbonyl (C=O) groups is 1. The lowest BCUT2D eigenvalue weighted by atomic mass is 10.1. The Morgan fingerprint density at radius 1 is 1.28 bits per heavy atom. The molecular weight excluding hydrogens is 428 g/mol. The van der Waals surface area contributed by atoms with E-state index in [1.165, 1.54) is 0 Å². The first-order chi connectivity index (χ1) is 15.4. The van der Waals surface area contributed by atoms with Crippen molar-refractivity contribution in [3.05, 3.63) is 76.8 Å². The van der Waals surface area contributed by atoms with Crippen LogP contribution in [0.4, 0.5) is 0 Å². The zero-order valence-corrected chi connectivity index (χ0v) is 19.2. The molecule has 2 atom stereocenters. The minimum Gasteiger partial charge on any atom is -0.495 e. The van der Waals surface area contributed by atoms with Crippen LogP contribution in [0.3, 0.4) is 0 Å². The van der Waals surface area contributed by atoms with Crippen LogP contribution in [-0.2, 0) is 9.53 Å². The number of hydrogen-bond acceptors (Lipinski definition) is 5.